The summed E-state index contributed by atoms with van der Waals surface area (Å²) in [7, 11) is -16.0. The van der Waals surface area contributed by atoms with Gasteiger partial charge in [0.2, 0.25) is 0 Å². The van der Waals surface area contributed by atoms with Gasteiger partial charge in [-0.1, -0.05) is 144 Å². The number of para-hydroxylation sites is 1. The lowest BCUT2D eigenvalue weighted by atomic mass is 9.87. The molecule has 0 saturated carbocycles. The van der Waals surface area contributed by atoms with E-state index in [0.29, 0.717) is 84.1 Å². The number of aryl methyl sites for hydroxylation is 4. The molecule has 658 valence electrons. The molecular weight excluding hydrogens is 1710 g/mol. The molecule has 0 spiro atoms. The molecule has 16 rings (SSSR count). The van der Waals surface area contributed by atoms with Crippen LogP contribution in [0.1, 0.15) is 140 Å². The van der Waals surface area contributed by atoms with E-state index in [1.54, 1.807) is 155 Å². The molecule has 0 amide bonds. The topological polar surface area (TPSA) is 334 Å². The highest BCUT2D eigenvalue weighted by Gasteiger charge is 2.30. The number of nitrogens with two attached hydrogens (primary N) is 1. The smallest absolute Gasteiger partial charge is 0.282 e. The molecule has 0 aliphatic heterocycles. The lowest BCUT2D eigenvalue weighted by molar-refractivity contribution is 0.145. The van der Waals surface area contributed by atoms with Crippen molar-refractivity contribution in [1.29, 1.82) is 0 Å². The van der Waals surface area contributed by atoms with E-state index in [-0.39, 0.29) is 47.9 Å². The molecule has 0 aliphatic carbocycles. The third-order valence-corrected chi connectivity index (χ3v) is 25.8. The SMILES string of the molecule is CC(C)(C)c1ccc(S(=O)(=O)Nc2cc(C(F)F)nn2-c2cccc3ncccc23)cc1F.Cc1cc(-n2nc(C)cc2NS(=O)(=O)c2ccc(C(C)(C)C)cc2)c2ccccc2n1.Cc1cc(NS(=O)(=O)c2ccc(C(C)(C)C)c(F)c2)n(-c2ccc(N)c3ncccc23)n1.Cc1cc(NS(=O)(=O)c2ccc(C(C)(C)C)cc2)n(-c2ccnc3cc(F)ccc23)n1. The fourth-order valence-electron chi connectivity index (χ4n) is 14.0. The van der Waals surface area contributed by atoms with Gasteiger partial charge in [-0.15, -0.1) is 0 Å². The first-order valence-corrected chi connectivity index (χ1v) is 45.9. The first-order valence-electron chi connectivity index (χ1n) is 39.9. The summed E-state index contributed by atoms with van der Waals surface area (Å²) in [6, 6.07) is 58.4. The minimum atomic E-state index is -4.31. The number of nitrogen functional groups attached to an aromatic ring is 1. The summed E-state index contributed by atoms with van der Waals surface area (Å²) < 4.78 is 190. The Hall–Kier alpha value is -13.3. The molecule has 8 aromatic heterocycles. The standard InChI is InChI=1S/C24H26N4O2S.C23H21F3N4O2S.C23H24FN5O2S.C23H23FN4O2S/c1-16-14-22(20-8-6-7-9-21(20)25-16)28-23(15-17(2)26-28)27-31(29,30)19-12-10-18(11-13-19)24(3,4)5;1-23(2,3)16-10-9-14(12-17(16)24)33(31,32)29-21-13-19(22(25)26)28-30(21)20-8-4-7-18-15(20)6-5-11-27-18;1-14-12-21(28-32(30,31)15-7-8-17(18(24)13-15)23(2,3)4)29(27-14)20-10-9-19(25)22-16(20)6-5-11-26-22;1-15-13-22(27-31(29,30)18-8-5-16(6-9-18)23(2,3)4)28(26-15)21-11-12-25-20-14-17(24)7-10-19(20)21/h6-15,27H,1-5H3;4-13,22,29H,1-3H3;5-13,28H,25H2,1-4H3;5-14,27H,1-4H3. The lowest BCUT2D eigenvalue weighted by Crippen LogP contribution is -2.18. The van der Waals surface area contributed by atoms with Crippen LogP contribution in [0.15, 0.2) is 257 Å². The minimum Gasteiger partial charge on any atom is -0.397 e. The maximum atomic E-state index is 14.6. The molecule has 34 heteroatoms. The normalized spacial score (nSPS) is 12.3. The van der Waals surface area contributed by atoms with Gasteiger partial charge in [0, 0.05) is 76.2 Å². The fourth-order valence-corrected chi connectivity index (χ4v) is 18.2. The van der Waals surface area contributed by atoms with Crippen molar-refractivity contribution in [2.75, 3.05) is 24.6 Å². The second-order valence-electron chi connectivity index (χ2n) is 34.4. The van der Waals surface area contributed by atoms with Gasteiger partial charge < -0.3 is 5.73 Å². The Labute approximate surface area is 733 Å². The average molecular weight is 1800 g/mol. The number of alkyl halides is 2. The van der Waals surface area contributed by atoms with Crippen LogP contribution in [0.25, 0.3) is 66.4 Å². The molecule has 6 N–H and O–H groups in total. The molecule has 0 bridgehead atoms. The largest absolute Gasteiger partial charge is 0.397 e. The number of hydrogen-bond donors (Lipinski definition) is 5. The van der Waals surface area contributed by atoms with Gasteiger partial charge in [0.25, 0.3) is 46.5 Å². The van der Waals surface area contributed by atoms with Gasteiger partial charge >= 0.3 is 0 Å². The predicted molar refractivity (Wildman–Crippen MR) is 487 cm³/mol. The lowest BCUT2D eigenvalue weighted by Gasteiger charge is -2.20. The maximum absolute atomic E-state index is 14.6. The Morgan fingerprint density at radius 2 is 0.740 bits per heavy atom. The second-order valence-corrected chi connectivity index (χ2v) is 41.1. The van der Waals surface area contributed by atoms with Crippen LogP contribution in [0.4, 0.5) is 50.9 Å². The van der Waals surface area contributed by atoms with Crippen LogP contribution in [0.3, 0.4) is 0 Å². The van der Waals surface area contributed by atoms with E-state index in [0.717, 1.165) is 61.7 Å². The Morgan fingerprint density at radius 1 is 0.339 bits per heavy atom. The number of benzene rings is 8. The molecule has 0 fully saturated rings. The van der Waals surface area contributed by atoms with Crippen molar-refractivity contribution in [3.05, 3.63) is 305 Å². The zero-order chi connectivity index (χ0) is 92.0. The number of nitrogens with zero attached hydrogens (tertiary/aromatic N) is 12. The summed E-state index contributed by atoms with van der Waals surface area (Å²) in [6.45, 7) is 30.8. The van der Waals surface area contributed by atoms with E-state index in [4.69, 9.17) is 5.73 Å². The molecule has 16 aromatic rings. The van der Waals surface area contributed by atoms with E-state index in [1.807, 2.05) is 95.3 Å². The number of pyridine rings is 4. The number of nitrogens with one attached hydrogen (secondary N) is 4. The van der Waals surface area contributed by atoms with Crippen molar-refractivity contribution in [1.82, 2.24) is 59.1 Å². The highest BCUT2D eigenvalue weighted by molar-refractivity contribution is 7.93. The highest BCUT2D eigenvalue weighted by Crippen LogP contribution is 2.37. The quantitative estimate of drug-likeness (QED) is 0.0418. The van der Waals surface area contributed by atoms with Crippen LogP contribution in [0.2, 0.25) is 0 Å². The van der Waals surface area contributed by atoms with E-state index >= 15 is 0 Å². The summed E-state index contributed by atoms with van der Waals surface area (Å²) in [4.78, 5) is 17.2. The van der Waals surface area contributed by atoms with Crippen molar-refractivity contribution in [3.8, 4) is 22.7 Å². The van der Waals surface area contributed by atoms with Crippen molar-refractivity contribution >= 4 is 113 Å². The minimum absolute atomic E-state index is 0.0499. The van der Waals surface area contributed by atoms with Crippen LogP contribution in [0.5, 0.6) is 0 Å². The predicted octanol–water partition coefficient (Wildman–Crippen LogP) is 20.2. The van der Waals surface area contributed by atoms with Crippen molar-refractivity contribution in [3.63, 3.8) is 0 Å². The van der Waals surface area contributed by atoms with Crippen molar-refractivity contribution in [2.45, 2.75) is 158 Å². The van der Waals surface area contributed by atoms with Crippen LogP contribution >= 0.6 is 0 Å². The van der Waals surface area contributed by atoms with Crippen molar-refractivity contribution in [2.24, 2.45) is 0 Å². The zero-order valence-electron chi connectivity index (χ0n) is 72.3. The molecule has 0 unspecified atom stereocenters. The summed E-state index contributed by atoms with van der Waals surface area (Å²) in [5, 5.41) is 20.2. The van der Waals surface area contributed by atoms with Crippen LogP contribution in [0, 0.1) is 45.1 Å². The Kier molecular flexibility index (Phi) is 25.4. The molecule has 0 aliphatic rings. The van der Waals surface area contributed by atoms with Gasteiger partial charge in [-0.3, -0.25) is 38.8 Å². The van der Waals surface area contributed by atoms with E-state index in [2.05, 4.69) is 101 Å². The zero-order valence-corrected chi connectivity index (χ0v) is 75.6. The van der Waals surface area contributed by atoms with Gasteiger partial charge in [-0.25, -0.2) is 74.4 Å². The van der Waals surface area contributed by atoms with E-state index in [1.165, 1.54) is 52.0 Å². The number of hydrogen-bond acceptors (Lipinski definition) is 17. The summed E-state index contributed by atoms with van der Waals surface area (Å²) >= 11 is 0. The van der Waals surface area contributed by atoms with E-state index in [9.17, 15) is 55.6 Å². The Balaban J connectivity index is 0.000000145. The summed E-state index contributed by atoms with van der Waals surface area (Å²) in [6.07, 6.45) is 1.83. The average Bonchev–Trinajstić information content (AvgIpc) is 1.71. The van der Waals surface area contributed by atoms with Gasteiger partial charge in [0.1, 0.15) is 46.4 Å². The summed E-state index contributed by atoms with van der Waals surface area (Å²) in [5.41, 5.74) is 15.3. The van der Waals surface area contributed by atoms with Crippen LogP contribution in [-0.2, 0) is 61.8 Å². The first-order chi connectivity index (χ1) is 59.5. The Morgan fingerprint density at radius 3 is 1.23 bits per heavy atom. The fraction of sp³-hybridized carbons (Fsp3) is 0.226. The number of halogens is 5. The van der Waals surface area contributed by atoms with Gasteiger partial charge in [0.05, 0.1) is 87.2 Å². The van der Waals surface area contributed by atoms with Crippen molar-refractivity contribution < 1.29 is 55.6 Å². The van der Waals surface area contributed by atoms with Crippen LogP contribution < -0.4 is 24.6 Å². The first kappa shape index (κ1) is 91.4. The molecular formula is C93H94F5N17O8S4. The molecule has 0 saturated heterocycles. The second kappa shape index (κ2) is 35.3. The third-order valence-electron chi connectivity index (χ3n) is 20.4. The Bertz CT molecular complexity index is 7350. The molecule has 127 heavy (non-hydrogen) atoms. The molecule has 25 nitrogen and oxygen atoms in total. The van der Waals surface area contributed by atoms with Gasteiger partial charge in [0.15, 0.2) is 0 Å². The van der Waals surface area contributed by atoms with Crippen LogP contribution in [-0.4, -0.2) is 92.7 Å². The molecule has 8 heterocycles. The number of aromatic nitrogens is 12. The van der Waals surface area contributed by atoms with Gasteiger partial charge in [-0.05, 0) is 199 Å². The third kappa shape index (κ3) is 20.5. The summed E-state index contributed by atoms with van der Waals surface area (Å²) in [5.74, 6) is -0.955. The van der Waals surface area contributed by atoms with E-state index < -0.39 is 80.5 Å². The molecule has 0 atom stereocenters. The number of sulfonamides is 4. The number of anilines is 5. The number of rotatable bonds is 17. The monoisotopic (exact) mass is 1800 g/mol. The molecule has 0 radical (unpaired) electrons. The molecule has 8 aromatic carbocycles. The maximum Gasteiger partial charge on any atom is 0.282 e. The number of fused-ring (bicyclic) bond motifs is 4. The van der Waals surface area contributed by atoms with Gasteiger partial charge in [-0.2, -0.15) is 20.4 Å². The highest BCUT2D eigenvalue weighted by atomic mass is 32.2.